The maximum atomic E-state index is 12.7. The van der Waals surface area contributed by atoms with Gasteiger partial charge in [0.05, 0.1) is 6.61 Å². The van der Waals surface area contributed by atoms with E-state index in [1.165, 1.54) is 5.56 Å². The van der Waals surface area contributed by atoms with Crippen LogP contribution in [0, 0.1) is 17.3 Å². The summed E-state index contributed by atoms with van der Waals surface area (Å²) in [6.07, 6.45) is 2.22. The number of nitrogens with one attached hydrogen (secondary N) is 1. The highest BCUT2D eigenvalue weighted by Crippen LogP contribution is 2.72. The molecular formula is C18H21NO3. The first kappa shape index (κ1) is 13.9. The molecule has 1 aromatic rings. The van der Waals surface area contributed by atoms with Gasteiger partial charge >= 0.3 is 5.97 Å². The number of rotatable bonds is 5. The summed E-state index contributed by atoms with van der Waals surface area (Å²) in [5, 5.41) is 3.62. The molecule has 0 saturated heterocycles. The van der Waals surface area contributed by atoms with E-state index in [-0.39, 0.29) is 23.2 Å². The fraction of sp³-hybridized carbons (Fsp3) is 0.556. The zero-order valence-corrected chi connectivity index (χ0v) is 12.8. The molecule has 1 N–H and O–H groups in total. The number of Topliss-reactive ketones (excluding diaryl/α,β-unsaturated/α-hetero) is 1. The summed E-state index contributed by atoms with van der Waals surface area (Å²) in [4.78, 5) is 24.9. The highest BCUT2D eigenvalue weighted by molar-refractivity contribution is 6.10. The monoisotopic (exact) mass is 299 g/mol. The van der Waals surface area contributed by atoms with E-state index in [1.54, 1.807) is 6.92 Å². The van der Waals surface area contributed by atoms with E-state index in [0.29, 0.717) is 25.4 Å². The van der Waals surface area contributed by atoms with Gasteiger partial charge in [0, 0.05) is 18.0 Å². The summed E-state index contributed by atoms with van der Waals surface area (Å²) in [5.74, 6) is 0.183. The van der Waals surface area contributed by atoms with E-state index in [0.717, 1.165) is 13.0 Å². The van der Waals surface area contributed by atoms with Crippen molar-refractivity contribution in [3.8, 4) is 0 Å². The van der Waals surface area contributed by atoms with E-state index >= 15 is 0 Å². The van der Waals surface area contributed by atoms with E-state index in [1.807, 2.05) is 18.2 Å². The van der Waals surface area contributed by atoms with Crippen molar-refractivity contribution in [1.29, 1.82) is 0 Å². The highest BCUT2D eigenvalue weighted by Gasteiger charge is 2.81. The molecule has 4 bridgehead atoms. The summed E-state index contributed by atoms with van der Waals surface area (Å²) in [7, 11) is 0. The van der Waals surface area contributed by atoms with Crippen molar-refractivity contribution in [2.45, 2.75) is 38.3 Å². The van der Waals surface area contributed by atoms with Crippen molar-refractivity contribution >= 4 is 11.8 Å². The van der Waals surface area contributed by atoms with Crippen LogP contribution in [0.2, 0.25) is 0 Å². The number of esters is 1. The van der Waals surface area contributed by atoms with Crippen LogP contribution in [0.25, 0.3) is 0 Å². The minimum Gasteiger partial charge on any atom is -0.465 e. The Morgan fingerprint density at radius 1 is 1.32 bits per heavy atom. The van der Waals surface area contributed by atoms with Crippen LogP contribution in [0.1, 0.15) is 31.7 Å². The van der Waals surface area contributed by atoms with Crippen molar-refractivity contribution in [3.05, 3.63) is 35.9 Å². The zero-order chi connectivity index (χ0) is 15.4. The molecule has 22 heavy (non-hydrogen) atoms. The molecule has 5 rings (SSSR count). The maximum absolute atomic E-state index is 12.7. The number of hydrogen-bond donors (Lipinski definition) is 1. The molecule has 0 heterocycles. The summed E-state index contributed by atoms with van der Waals surface area (Å²) in [6, 6.07) is 10.2. The third kappa shape index (κ3) is 1.67. The first-order valence-corrected chi connectivity index (χ1v) is 8.14. The molecule has 4 nitrogen and oxygen atoms in total. The Morgan fingerprint density at radius 3 is 2.73 bits per heavy atom. The van der Waals surface area contributed by atoms with Gasteiger partial charge in [0.25, 0.3) is 0 Å². The fourth-order valence-electron chi connectivity index (χ4n) is 4.74. The average molecular weight is 299 g/mol. The molecule has 1 aromatic carbocycles. The number of carbonyl (C=O) groups is 2. The quantitative estimate of drug-likeness (QED) is 0.668. The lowest BCUT2D eigenvalue weighted by atomic mass is 9.68. The van der Waals surface area contributed by atoms with E-state index in [4.69, 9.17) is 4.74 Å². The smallest absolute Gasteiger partial charge is 0.319 e. The Balaban J connectivity index is 1.48. The Labute approximate surface area is 130 Å². The molecule has 4 saturated carbocycles. The Kier molecular flexibility index (Phi) is 2.95. The van der Waals surface area contributed by atoms with Crippen molar-refractivity contribution in [2.75, 3.05) is 6.61 Å². The van der Waals surface area contributed by atoms with Gasteiger partial charge in [-0.2, -0.15) is 0 Å². The topological polar surface area (TPSA) is 55.4 Å². The van der Waals surface area contributed by atoms with Crippen LogP contribution in [0.3, 0.4) is 0 Å². The van der Waals surface area contributed by atoms with Gasteiger partial charge in [-0.05, 0) is 37.7 Å². The molecule has 4 fully saturated rings. The van der Waals surface area contributed by atoms with Crippen LogP contribution in [0.4, 0.5) is 0 Å². The number of ketones is 1. The summed E-state index contributed by atoms with van der Waals surface area (Å²) >= 11 is 0. The van der Waals surface area contributed by atoms with Gasteiger partial charge < -0.3 is 10.1 Å². The van der Waals surface area contributed by atoms with Crippen LogP contribution >= 0.6 is 0 Å². The SMILES string of the molecule is CCOC(=O)C12CCC3(NCc4ccccc4)C(C1)C3C2=O. The molecule has 0 aliphatic heterocycles. The molecular weight excluding hydrogens is 278 g/mol. The van der Waals surface area contributed by atoms with Gasteiger partial charge in [-0.15, -0.1) is 0 Å². The molecule has 0 spiro atoms. The van der Waals surface area contributed by atoms with E-state index in [2.05, 4.69) is 17.4 Å². The van der Waals surface area contributed by atoms with Crippen molar-refractivity contribution in [2.24, 2.45) is 17.3 Å². The van der Waals surface area contributed by atoms with Gasteiger partial charge in [-0.1, -0.05) is 30.3 Å². The fourth-order valence-corrected chi connectivity index (χ4v) is 4.74. The summed E-state index contributed by atoms with van der Waals surface area (Å²) < 4.78 is 5.17. The van der Waals surface area contributed by atoms with Gasteiger partial charge in [0.2, 0.25) is 0 Å². The Morgan fingerprint density at radius 2 is 2.09 bits per heavy atom. The largest absolute Gasteiger partial charge is 0.465 e. The van der Waals surface area contributed by atoms with Gasteiger partial charge in [0.1, 0.15) is 5.41 Å². The van der Waals surface area contributed by atoms with Crippen LogP contribution in [-0.2, 0) is 20.9 Å². The third-order valence-electron chi connectivity index (χ3n) is 5.93. The molecule has 0 radical (unpaired) electrons. The standard InChI is InChI=1S/C18H21NO3/c1-2-22-16(21)17-8-9-18(13(10-17)14(18)15(17)20)19-11-12-6-4-3-5-7-12/h3-7,13-14,19H,2,8-11H2,1H3. The molecule has 0 aromatic heterocycles. The van der Waals surface area contributed by atoms with Gasteiger partial charge in [0.15, 0.2) is 5.78 Å². The number of hydrogen-bond acceptors (Lipinski definition) is 4. The van der Waals surface area contributed by atoms with Crippen LogP contribution in [0.5, 0.6) is 0 Å². The number of ether oxygens (including phenoxy) is 1. The summed E-state index contributed by atoms with van der Waals surface area (Å²) in [6.45, 7) is 2.93. The minimum absolute atomic E-state index is 0.0226. The second kappa shape index (κ2) is 4.66. The lowest BCUT2D eigenvalue weighted by molar-refractivity contribution is -0.163. The third-order valence-corrected chi connectivity index (χ3v) is 5.93. The zero-order valence-electron chi connectivity index (χ0n) is 12.8. The van der Waals surface area contributed by atoms with Crippen molar-refractivity contribution in [3.63, 3.8) is 0 Å². The van der Waals surface area contributed by atoms with E-state index in [9.17, 15) is 9.59 Å². The van der Waals surface area contributed by atoms with Gasteiger partial charge in [-0.3, -0.25) is 9.59 Å². The van der Waals surface area contributed by atoms with Crippen LogP contribution in [0.15, 0.2) is 30.3 Å². The second-order valence-corrected chi connectivity index (χ2v) is 6.83. The molecule has 4 aliphatic rings. The number of fused-ring (bicyclic) bond motifs is 1. The molecule has 116 valence electrons. The first-order chi connectivity index (χ1) is 10.6. The molecule has 0 amide bonds. The Bertz CT molecular complexity index is 628. The first-order valence-electron chi connectivity index (χ1n) is 8.14. The minimum atomic E-state index is -0.818. The molecule has 4 atom stereocenters. The van der Waals surface area contributed by atoms with Crippen molar-refractivity contribution < 1.29 is 14.3 Å². The Hall–Kier alpha value is -1.68. The molecule has 4 heteroatoms. The van der Waals surface area contributed by atoms with Crippen molar-refractivity contribution in [1.82, 2.24) is 5.32 Å². The normalized spacial score (nSPS) is 38.0. The maximum Gasteiger partial charge on any atom is 0.319 e. The lowest BCUT2D eigenvalue weighted by Crippen LogP contribution is -2.52. The van der Waals surface area contributed by atoms with Crippen LogP contribution < -0.4 is 5.32 Å². The number of carbonyl (C=O) groups excluding carboxylic acids is 2. The second-order valence-electron chi connectivity index (χ2n) is 6.83. The van der Waals surface area contributed by atoms with E-state index < -0.39 is 5.41 Å². The van der Waals surface area contributed by atoms with Crippen LogP contribution in [-0.4, -0.2) is 23.9 Å². The predicted octanol–water partition coefficient (Wildman–Crippen LogP) is 2.08. The average Bonchev–Trinajstić information content (AvgIpc) is 3.12. The summed E-state index contributed by atoms with van der Waals surface area (Å²) in [5.41, 5.74) is 0.361. The predicted molar refractivity (Wildman–Crippen MR) is 80.9 cm³/mol. The molecule has 4 aliphatic carbocycles. The molecule has 4 unspecified atom stereocenters. The number of benzene rings is 1. The lowest BCUT2D eigenvalue weighted by Gasteiger charge is -2.38. The van der Waals surface area contributed by atoms with Gasteiger partial charge in [-0.25, -0.2) is 0 Å². The highest BCUT2D eigenvalue weighted by atomic mass is 16.5.